The van der Waals surface area contributed by atoms with Gasteiger partial charge in [-0.1, -0.05) is 0 Å². The Morgan fingerprint density at radius 2 is 2.45 bits per heavy atom. The maximum atomic E-state index is 10.7. The van der Waals surface area contributed by atoms with Crippen LogP contribution in [-0.2, 0) is 11.4 Å². The molecule has 0 saturated heterocycles. The van der Waals surface area contributed by atoms with Crippen LogP contribution in [0, 0.1) is 0 Å². The highest BCUT2D eigenvalue weighted by Gasteiger charge is 2.25. The van der Waals surface area contributed by atoms with E-state index in [1.54, 1.807) is 6.07 Å². The summed E-state index contributed by atoms with van der Waals surface area (Å²) in [5, 5.41) is 9.68. The Morgan fingerprint density at radius 1 is 1.73 bits per heavy atom. The highest BCUT2D eigenvalue weighted by molar-refractivity contribution is 7.89. The monoisotopic (exact) mass is 171 g/mol. The van der Waals surface area contributed by atoms with Gasteiger partial charge >= 0.3 is 0 Å². The first-order valence-electron chi connectivity index (χ1n) is 3.49. The quantitative estimate of drug-likeness (QED) is 0.646. The summed E-state index contributed by atoms with van der Waals surface area (Å²) in [6, 6.07) is 2.24. The van der Waals surface area contributed by atoms with E-state index >= 15 is 0 Å². The van der Waals surface area contributed by atoms with Crippen LogP contribution in [0.25, 0.3) is 0 Å². The number of hydrogen-bond acceptors (Lipinski definition) is 3. The Kier molecular flexibility index (Phi) is 1.63. The molecule has 0 radical (unpaired) electrons. The van der Waals surface area contributed by atoms with Crippen LogP contribution in [0.2, 0.25) is 0 Å². The molecule has 5 heteroatoms. The van der Waals surface area contributed by atoms with Gasteiger partial charge in [0.25, 0.3) is 5.03 Å². The molecule has 0 aromatic carbocycles. The Bertz CT molecular complexity index is 240. The predicted octanol–water partition coefficient (Wildman–Crippen LogP) is 0.199. The summed E-state index contributed by atoms with van der Waals surface area (Å²) in [6.07, 6.45) is 4.19. The molecule has 1 aliphatic carbocycles. The van der Waals surface area contributed by atoms with Gasteiger partial charge in [0.2, 0.25) is 0 Å². The summed E-state index contributed by atoms with van der Waals surface area (Å²) in [5.41, 5.74) is 0. The molecule has 2 N–H and O–H groups in total. The minimum absolute atomic E-state index is 0.469. The number of nitrogens with two attached hydrogens (primary N) is 1. The van der Waals surface area contributed by atoms with Crippen molar-refractivity contribution in [3.63, 3.8) is 0 Å². The summed E-state index contributed by atoms with van der Waals surface area (Å²) in [4.78, 5) is 0. The van der Waals surface area contributed by atoms with E-state index in [0.717, 1.165) is 0 Å². The first kappa shape index (κ1) is 7.15. The van der Waals surface area contributed by atoms with Crippen molar-refractivity contribution in [2.24, 2.45) is 5.14 Å². The van der Waals surface area contributed by atoms with Gasteiger partial charge < -0.3 is 4.55 Å². The SMILES string of the molecule is N[S+]([O-])c1ccn(C2CC2)n1. The van der Waals surface area contributed by atoms with Crippen molar-refractivity contribution in [1.29, 1.82) is 0 Å². The molecule has 0 amide bonds. The Morgan fingerprint density at radius 3 is 2.91 bits per heavy atom. The molecule has 1 atom stereocenters. The fourth-order valence-electron chi connectivity index (χ4n) is 0.970. The van der Waals surface area contributed by atoms with E-state index in [1.807, 2.05) is 10.9 Å². The molecular formula is C6H9N3OS. The molecule has 1 unspecified atom stereocenters. The van der Waals surface area contributed by atoms with E-state index < -0.39 is 11.4 Å². The Labute approximate surface area is 67.7 Å². The molecule has 11 heavy (non-hydrogen) atoms. The van der Waals surface area contributed by atoms with Crippen molar-refractivity contribution in [1.82, 2.24) is 9.78 Å². The van der Waals surface area contributed by atoms with Crippen molar-refractivity contribution < 1.29 is 4.55 Å². The number of nitrogens with zero attached hydrogens (tertiary/aromatic N) is 2. The van der Waals surface area contributed by atoms with Gasteiger partial charge in [0, 0.05) is 12.3 Å². The molecule has 1 aliphatic rings. The van der Waals surface area contributed by atoms with Crippen LogP contribution in [0.4, 0.5) is 0 Å². The zero-order valence-electron chi connectivity index (χ0n) is 5.93. The smallest absolute Gasteiger partial charge is 0.283 e. The minimum Gasteiger partial charge on any atom is -0.592 e. The molecule has 1 heterocycles. The normalized spacial score (nSPS) is 20.2. The fraction of sp³-hybridized carbons (Fsp3) is 0.500. The van der Waals surface area contributed by atoms with Gasteiger partial charge in [0.05, 0.1) is 17.4 Å². The molecule has 1 aromatic heterocycles. The van der Waals surface area contributed by atoms with Gasteiger partial charge in [-0.05, 0) is 12.8 Å². The van der Waals surface area contributed by atoms with Crippen molar-refractivity contribution in [3.05, 3.63) is 12.3 Å². The van der Waals surface area contributed by atoms with E-state index in [4.69, 9.17) is 5.14 Å². The molecule has 1 saturated carbocycles. The Balaban J connectivity index is 2.18. The first-order valence-corrected chi connectivity index (χ1v) is 4.70. The number of rotatable bonds is 2. The second-order valence-electron chi connectivity index (χ2n) is 2.66. The largest absolute Gasteiger partial charge is 0.592 e. The maximum Gasteiger partial charge on any atom is 0.283 e. The lowest BCUT2D eigenvalue weighted by molar-refractivity contribution is 0.578. The van der Waals surface area contributed by atoms with E-state index in [-0.39, 0.29) is 0 Å². The van der Waals surface area contributed by atoms with Crippen LogP contribution in [0.5, 0.6) is 0 Å². The average Bonchev–Trinajstić information content (AvgIpc) is 2.68. The van der Waals surface area contributed by atoms with Crippen LogP contribution < -0.4 is 5.14 Å². The standard InChI is InChI=1S/C6H9N3OS/c7-11(10)6-3-4-9(8-6)5-1-2-5/h3-5H,1-2,7H2. The van der Waals surface area contributed by atoms with E-state index in [0.29, 0.717) is 11.1 Å². The van der Waals surface area contributed by atoms with Crippen molar-refractivity contribution >= 4 is 11.4 Å². The second kappa shape index (κ2) is 2.51. The van der Waals surface area contributed by atoms with Crippen LogP contribution in [-0.4, -0.2) is 14.3 Å². The van der Waals surface area contributed by atoms with Crippen molar-refractivity contribution in [2.45, 2.75) is 23.9 Å². The Hall–Kier alpha value is -0.520. The topological polar surface area (TPSA) is 66.9 Å². The zero-order valence-corrected chi connectivity index (χ0v) is 6.75. The van der Waals surface area contributed by atoms with Crippen molar-refractivity contribution in [2.75, 3.05) is 0 Å². The minimum atomic E-state index is -1.43. The summed E-state index contributed by atoms with van der Waals surface area (Å²) in [6.45, 7) is 0. The summed E-state index contributed by atoms with van der Waals surface area (Å²) < 4.78 is 12.5. The fourth-order valence-corrected chi connectivity index (χ4v) is 1.34. The molecule has 0 aliphatic heterocycles. The van der Waals surface area contributed by atoms with Crippen LogP contribution in [0.15, 0.2) is 17.3 Å². The van der Waals surface area contributed by atoms with Gasteiger partial charge in [-0.15, -0.1) is 10.2 Å². The lowest BCUT2D eigenvalue weighted by atomic mass is 10.7. The zero-order chi connectivity index (χ0) is 7.84. The van der Waals surface area contributed by atoms with Gasteiger partial charge in [-0.2, -0.15) is 0 Å². The van der Waals surface area contributed by atoms with E-state index in [9.17, 15) is 4.55 Å². The molecule has 60 valence electrons. The van der Waals surface area contributed by atoms with E-state index in [1.165, 1.54) is 12.8 Å². The van der Waals surface area contributed by atoms with Crippen molar-refractivity contribution in [3.8, 4) is 0 Å². The lowest BCUT2D eigenvalue weighted by Crippen LogP contribution is -2.13. The lowest BCUT2D eigenvalue weighted by Gasteiger charge is -1.96. The number of aromatic nitrogens is 2. The van der Waals surface area contributed by atoms with Gasteiger partial charge in [0.15, 0.2) is 0 Å². The molecule has 2 rings (SSSR count). The van der Waals surface area contributed by atoms with Gasteiger partial charge in [-0.3, -0.25) is 4.68 Å². The summed E-state index contributed by atoms with van der Waals surface area (Å²) >= 11 is -1.43. The third-order valence-corrected chi connectivity index (χ3v) is 2.34. The first-order chi connectivity index (χ1) is 5.27. The highest BCUT2D eigenvalue weighted by Crippen LogP contribution is 2.34. The molecule has 4 nitrogen and oxygen atoms in total. The molecule has 1 fully saturated rings. The third-order valence-electron chi connectivity index (χ3n) is 1.71. The number of hydrogen-bond donors (Lipinski definition) is 1. The second-order valence-corrected chi connectivity index (χ2v) is 3.68. The van der Waals surface area contributed by atoms with Crippen LogP contribution >= 0.6 is 0 Å². The maximum absolute atomic E-state index is 10.7. The molecule has 0 spiro atoms. The summed E-state index contributed by atoms with van der Waals surface area (Å²) in [5.74, 6) is 0. The predicted molar refractivity (Wildman–Crippen MR) is 41.1 cm³/mol. The van der Waals surface area contributed by atoms with Crippen LogP contribution in [0.3, 0.4) is 0 Å². The van der Waals surface area contributed by atoms with Gasteiger partial charge in [-0.25, -0.2) is 0 Å². The average molecular weight is 171 g/mol. The molecule has 0 bridgehead atoms. The summed E-state index contributed by atoms with van der Waals surface area (Å²) in [7, 11) is 0. The molecule has 1 aromatic rings. The molecular weight excluding hydrogens is 162 g/mol. The third kappa shape index (κ3) is 1.40. The van der Waals surface area contributed by atoms with Crippen LogP contribution in [0.1, 0.15) is 18.9 Å². The van der Waals surface area contributed by atoms with Gasteiger partial charge in [0.1, 0.15) is 0 Å². The van der Waals surface area contributed by atoms with E-state index in [2.05, 4.69) is 5.10 Å². The highest BCUT2D eigenvalue weighted by atomic mass is 32.2.